The summed E-state index contributed by atoms with van der Waals surface area (Å²) in [7, 11) is 0. The van der Waals surface area contributed by atoms with E-state index in [1.807, 2.05) is 0 Å². The fourth-order valence-corrected chi connectivity index (χ4v) is 3.91. The summed E-state index contributed by atoms with van der Waals surface area (Å²) in [6.07, 6.45) is 7.10. The number of benzene rings is 2. The molecule has 2 aromatic carbocycles. The first-order chi connectivity index (χ1) is 10.5. The van der Waals surface area contributed by atoms with Crippen LogP contribution in [0.25, 0.3) is 22.9 Å². The molecule has 22 heavy (non-hydrogen) atoms. The Morgan fingerprint density at radius 2 is 1.05 bits per heavy atom. The fraction of sp³-hybridized carbons (Fsp3) is 0.364. The van der Waals surface area contributed by atoms with E-state index in [1.54, 1.807) is 11.1 Å². The zero-order valence-electron chi connectivity index (χ0n) is 14.0. The van der Waals surface area contributed by atoms with Crippen LogP contribution in [0.1, 0.15) is 49.9 Å². The highest BCUT2D eigenvalue weighted by Crippen LogP contribution is 2.40. The molecule has 0 heterocycles. The van der Waals surface area contributed by atoms with Gasteiger partial charge in [0, 0.05) is 0 Å². The summed E-state index contributed by atoms with van der Waals surface area (Å²) in [4.78, 5) is 0. The van der Waals surface area contributed by atoms with Crippen molar-refractivity contribution in [2.45, 2.75) is 40.5 Å². The van der Waals surface area contributed by atoms with Gasteiger partial charge in [-0.05, 0) is 57.7 Å². The number of hydrogen-bond acceptors (Lipinski definition) is 0. The predicted molar refractivity (Wildman–Crippen MR) is 97.0 cm³/mol. The van der Waals surface area contributed by atoms with Crippen molar-refractivity contribution in [2.75, 3.05) is 0 Å². The first-order valence-electron chi connectivity index (χ1n) is 8.53. The molecule has 4 rings (SSSR count). The standard InChI is InChI=1S/C22H24/c1-13(2)19-9-15-5-7-17-11-20(14(3)4)12-18-8-6-16(10-19)21(15)22(17)18/h5-9,12-14H,10-11H2,1-4H3. The Kier molecular flexibility index (Phi) is 3.04. The smallest absolute Gasteiger partial charge is 0.00548 e. The summed E-state index contributed by atoms with van der Waals surface area (Å²) >= 11 is 0. The summed E-state index contributed by atoms with van der Waals surface area (Å²) in [5.74, 6) is 1.26. The Bertz CT molecular complexity index is 757. The molecular weight excluding hydrogens is 264 g/mol. The predicted octanol–water partition coefficient (Wildman–Crippen LogP) is 6.03. The van der Waals surface area contributed by atoms with Crippen molar-refractivity contribution < 1.29 is 0 Å². The van der Waals surface area contributed by atoms with E-state index in [1.165, 1.54) is 33.0 Å². The quantitative estimate of drug-likeness (QED) is 0.633. The normalized spacial score (nSPS) is 16.3. The average Bonchev–Trinajstić information content (AvgIpc) is 2.51. The van der Waals surface area contributed by atoms with E-state index in [2.05, 4.69) is 64.1 Å². The van der Waals surface area contributed by atoms with Crippen LogP contribution >= 0.6 is 0 Å². The molecule has 0 saturated heterocycles. The molecule has 0 aliphatic heterocycles. The van der Waals surface area contributed by atoms with E-state index in [0.717, 1.165) is 12.8 Å². The van der Waals surface area contributed by atoms with E-state index in [4.69, 9.17) is 0 Å². The van der Waals surface area contributed by atoms with Crippen molar-refractivity contribution >= 4 is 22.9 Å². The van der Waals surface area contributed by atoms with Crippen molar-refractivity contribution in [2.24, 2.45) is 11.8 Å². The molecule has 2 aromatic rings. The third kappa shape index (κ3) is 1.97. The van der Waals surface area contributed by atoms with Crippen molar-refractivity contribution in [1.29, 1.82) is 0 Å². The van der Waals surface area contributed by atoms with Crippen molar-refractivity contribution in [3.05, 3.63) is 57.7 Å². The molecule has 0 saturated carbocycles. The molecule has 0 heteroatoms. The van der Waals surface area contributed by atoms with E-state index in [9.17, 15) is 0 Å². The molecule has 0 aromatic heterocycles. The van der Waals surface area contributed by atoms with Gasteiger partial charge >= 0.3 is 0 Å². The zero-order chi connectivity index (χ0) is 15.4. The van der Waals surface area contributed by atoms with Crippen LogP contribution in [0.5, 0.6) is 0 Å². The van der Waals surface area contributed by atoms with E-state index in [0.29, 0.717) is 11.8 Å². The highest BCUT2D eigenvalue weighted by molar-refractivity contribution is 6.03. The average molecular weight is 288 g/mol. The Balaban J connectivity index is 2.00. The maximum absolute atomic E-state index is 2.43. The Hall–Kier alpha value is -1.82. The highest BCUT2D eigenvalue weighted by Gasteiger charge is 2.21. The Labute approximate surface area is 133 Å². The van der Waals surface area contributed by atoms with Gasteiger partial charge in [-0.15, -0.1) is 0 Å². The minimum Gasteiger partial charge on any atom is -0.0626 e. The molecule has 112 valence electrons. The van der Waals surface area contributed by atoms with Crippen LogP contribution in [0.4, 0.5) is 0 Å². The van der Waals surface area contributed by atoms with Crippen molar-refractivity contribution in [3.63, 3.8) is 0 Å². The zero-order valence-corrected chi connectivity index (χ0v) is 14.0. The first kappa shape index (κ1) is 13.8. The van der Waals surface area contributed by atoms with Crippen LogP contribution in [0, 0.1) is 11.8 Å². The summed E-state index contributed by atoms with van der Waals surface area (Å²) in [6, 6.07) is 9.41. The van der Waals surface area contributed by atoms with Crippen molar-refractivity contribution in [3.8, 4) is 0 Å². The lowest BCUT2D eigenvalue weighted by Crippen LogP contribution is -2.09. The molecule has 0 spiro atoms. The third-order valence-corrected chi connectivity index (χ3v) is 5.35. The first-order valence-corrected chi connectivity index (χ1v) is 8.53. The largest absolute Gasteiger partial charge is 0.0626 e. The molecule has 0 bridgehead atoms. The van der Waals surface area contributed by atoms with Gasteiger partial charge < -0.3 is 0 Å². The Morgan fingerprint density at radius 1 is 0.636 bits per heavy atom. The minimum absolute atomic E-state index is 0.628. The molecule has 0 fully saturated rings. The van der Waals surface area contributed by atoms with Gasteiger partial charge in [-0.3, -0.25) is 0 Å². The molecule has 0 nitrogen and oxygen atoms in total. The summed E-state index contributed by atoms with van der Waals surface area (Å²) in [6.45, 7) is 9.21. The van der Waals surface area contributed by atoms with Crippen LogP contribution in [-0.4, -0.2) is 0 Å². The van der Waals surface area contributed by atoms with Gasteiger partial charge in [-0.2, -0.15) is 0 Å². The lowest BCUT2D eigenvalue weighted by Gasteiger charge is -2.26. The molecule has 0 amide bonds. The van der Waals surface area contributed by atoms with Crippen LogP contribution in [-0.2, 0) is 12.8 Å². The molecule has 0 radical (unpaired) electrons. The van der Waals surface area contributed by atoms with Crippen LogP contribution < -0.4 is 0 Å². The Morgan fingerprint density at radius 3 is 1.41 bits per heavy atom. The molecule has 0 atom stereocenters. The van der Waals surface area contributed by atoms with Gasteiger partial charge in [0.15, 0.2) is 0 Å². The minimum atomic E-state index is 0.628. The van der Waals surface area contributed by atoms with E-state index < -0.39 is 0 Å². The van der Waals surface area contributed by atoms with Crippen molar-refractivity contribution in [1.82, 2.24) is 0 Å². The van der Waals surface area contributed by atoms with Crippen LogP contribution in [0.3, 0.4) is 0 Å². The monoisotopic (exact) mass is 288 g/mol. The molecule has 0 N–H and O–H groups in total. The second-order valence-corrected chi connectivity index (χ2v) is 7.48. The summed E-state index contributed by atoms with van der Waals surface area (Å²) in [5, 5.41) is 3.02. The second kappa shape index (κ2) is 4.84. The van der Waals surface area contributed by atoms with E-state index >= 15 is 0 Å². The van der Waals surface area contributed by atoms with Crippen LogP contribution in [0.15, 0.2) is 35.4 Å². The molecule has 2 aliphatic rings. The van der Waals surface area contributed by atoms with Gasteiger partial charge in [0.2, 0.25) is 0 Å². The number of rotatable bonds is 2. The van der Waals surface area contributed by atoms with Gasteiger partial charge in [0.1, 0.15) is 0 Å². The van der Waals surface area contributed by atoms with Gasteiger partial charge in [0.05, 0.1) is 0 Å². The maximum Gasteiger partial charge on any atom is -0.00548 e. The fourth-order valence-electron chi connectivity index (χ4n) is 3.91. The maximum atomic E-state index is 2.43. The third-order valence-electron chi connectivity index (χ3n) is 5.35. The summed E-state index contributed by atoms with van der Waals surface area (Å²) in [5.41, 5.74) is 9.00. The SMILES string of the molecule is CC(C)C1=Cc2ccc3c4c(ccc(c24)C1)C=C(C(C)C)C3. The number of hydrogen-bond donors (Lipinski definition) is 0. The van der Waals surface area contributed by atoms with Gasteiger partial charge in [0.25, 0.3) is 0 Å². The molecule has 0 unspecified atom stereocenters. The van der Waals surface area contributed by atoms with Gasteiger partial charge in [-0.1, -0.05) is 75.3 Å². The van der Waals surface area contributed by atoms with Gasteiger partial charge in [-0.25, -0.2) is 0 Å². The molecular formula is C22H24. The topological polar surface area (TPSA) is 0 Å². The molecule has 2 aliphatic carbocycles. The second-order valence-electron chi connectivity index (χ2n) is 7.48. The van der Waals surface area contributed by atoms with E-state index in [-0.39, 0.29) is 0 Å². The lowest BCUT2D eigenvalue weighted by molar-refractivity contribution is 0.744. The van der Waals surface area contributed by atoms with Crippen LogP contribution in [0.2, 0.25) is 0 Å². The summed E-state index contributed by atoms with van der Waals surface area (Å²) < 4.78 is 0. The highest BCUT2D eigenvalue weighted by atomic mass is 14.3. The lowest BCUT2D eigenvalue weighted by atomic mass is 9.78. The number of allylic oxidation sites excluding steroid dienone is 2.